The highest BCUT2D eigenvalue weighted by Gasteiger charge is 2.56. The number of ketones is 4. The van der Waals surface area contributed by atoms with Crippen molar-refractivity contribution in [2.24, 2.45) is 81.0 Å². The molecular formula is C50H54N4O5S4. The molecule has 5 heterocycles. The Morgan fingerprint density at radius 1 is 0.460 bits per heavy atom. The van der Waals surface area contributed by atoms with Crippen LogP contribution in [0.4, 0.5) is 10.3 Å². The first-order valence-corrected chi connectivity index (χ1v) is 27.9. The van der Waals surface area contributed by atoms with E-state index in [1.54, 1.807) is 22.7 Å². The number of carbonyl (C=O) groups is 4. The molecule has 63 heavy (non-hydrogen) atoms. The second-order valence-electron chi connectivity index (χ2n) is 21.8. The van der Waals surface area contributed by atoms with Crippen LogP contribution in [-0.2, 0) is 24.8 Å². The molecule has 1 spiro atoms. The zero-order valence-electron chi connectivity index (χ0n) is 35.7. The molecule has 1 aliphatic heterocycles. The predicted molar refractivity (Wildman–Crippen MR) is 249 cm³/mol. The molecule has 9 nitrogen and oxygen atoms in total. The average molecular weight is 919 g/mol. The second kappa shape index (κ2) is 14.5. The lowest BCUT2D eigenvalue weighted by Gasteiger charge is -2.48. The van der Waals surface area contributed by atoms with Crippen molar-refractivity contribution in [1.82, 2.24) is 9.97 Å². The van der Waals surface area contributed by atoms with Crippen molar-refractivity contribution < 1.29 is 23.9 Å². The van der Waals surface area contributed by atoms with Crippen LogP contribution in [0.5, 0.6) is 5.75 Å². The van der Waals surface area contributed by atoms with Crippen molar-refractivity contribution in [1.29, 1.82) is 0 Å². The van der Waals surface area contributed by atoms with Gasteiger partial charge in [0.15, 0.2) is 40.3 Å². The van der Waals surface area contributed by atoms with Crippen LogP contribution in [0.25, 0.3) is 28.8 Å². The quantitative estimate of drug-likeness (QED) is 0.196. The van der Waals surface area contributed by atoms with Gasteiger partial charge in [0.25, 0.3) is 0 Å². The molecule has 13 heteroatoms. The number of carbonyl (C=O) groups excluding carboxylic acids is 4. The number of hydrogen-bond donors (Lipinski definition) is 0. The van der Waals surface area contributed by atoms with E-state index in [-0.39, 0.29) is 58.2 Å². The summed E-state index contributed by atoms with van der Waals surface area (Å²) in [6, 6.07) is 0. The Bertz CT molecular complexity index is 2630. The number of ether oxygens (including phenoxy) is 1. The summed E-state index contributed by atoms with van der Waals surface area (Å²) in [5, 5.41) is 0.968. The van der Waals surface area contributed by atoms with Crippen LogP contribution in [0.3, 0.4) is 0 Å². The van der Waals surface area contributed by atoms with Gasteiger partial charge in [-0.2, -0.15) is 0 Å². The number of rotatable bonds is 2. The molecule has 0 amide bonds. The van der Waals surface area contributed by atoms with E-state index in [1.165, 1.54) is 110 Å². The first kappa shape index (κ1) is 39.2. The van der Waals surface area contributed by atoms with Crippen LogP contribution in [0, 0.1) is 71.0 Å². The summed E-state index contributed by atoms with van der Waals surface area (Å²) in [5.41, 5.74) is 0.924. The summed E-state index contributed by atoms with van der Waals surface area (Å²) >= 11 is 6.20. The molecule has 12 unspecified atom stereocenters. The summed E-state index contributed by atoms with van der Waals surface area (Å²) in [6.45, 7) is 0. The summed E-state index contributed by atoms with van der Waals surface area (Å²) in [6.07, 6.45) is 24.1. The van der Waals surface area contributed by atoms with E-state index < -0.39 is 5.60 Å². The van der Waals surface area contributed by atoms with Crippen molar-refractivity contribution in [3.05, 3.63) is 5.56 Å². The van der Waals surface area contributed by atoms with Crippen LogP contribution >= 0.6 is 45.3 Å². The summed E-state index contributed by atoms with van der Waals surface area (Å²) in [7, 11) is 0. The summed E-state index contributed by atoms with van der Waals surface area (Å²) in [4.78, 5) is 79.5. The van der Waals surface area contributed by atoms with Gasteiger partial charge in [0.05, 0.1) is 14.5 Å². The first-order chi connectivity index (χ1) is 30.8. The number of nitrogens with zero attached hydrogens (tertiary/aromatic N) is 4. The molecule has 9 fully saturated rings. The number of fused-ring (bicyclic) bond motifs is 14. The van der Waals surface area contributed by atoms with Gasteiger partial charge >= 0.3 is 0 Å². The molecule has 0 bridgehead atoms. The van der Waals surface area contributed by atoms with Crippen molar-refractivity contribution >= 4 is 109 Å². The standard InChI is InChI=1S/C50H54N4O5S4/c55-37-30-18-26-14-22-8-2-3-9-23(22)15-27(26)19-31(30)38(56)35(37)51-48-53-46-43(62-48)34-42(60-46)44-41(59-50(34)12-6-1-7-13-50)45-47(61-44)54-49(63-45)52-36-39(57)32-20-28-16-24-10-4-5-11-25(24)17-29(28)21-33(32)40(36)58/h22-33H,1-21H2. The molecule has 12 atom stereocenters. The van der Waals surface area contributed by atoms with Gasteiger partial charge in [0.2, 0.25) is 10.3 Å². The molecular weight excluding hydrogens is 865 g/mol. The SMILES string of the molecule is O=C1C(=Nc2nc3sc4c(c3s2)OC2(CCCCC2)c2c-4sc3nc(N=C4C(=O)C5CC6CC7CCCCC7CC6CC5C4=O)sc23)C(=O)C2CC3CC4CCCCC4CC3CC12. The molecule has 10 aliphatic rings. The third kappa shape index (κ3) is 5.92. The Morgan fingerprint density at radius 2 is 0.873 bits per heavy atom. The van der Waals surface area contributed by atoms with Gasteiger partial charge in [-0.25, -0.2) is 20.0 Å². The van der Waals surface area contributed by atoms with Crippen LogP contribution in [0.1, 0.15) is 140 Å². The highest BCUT2D eigenvalue weighted by molar-refractivity contribution is 7.35. The van der Waals surface area contributed by atoms with E-state index in [9.17, 15) is 19.2 Å². The number of aliphatic imine (C=N–C) groups is 2. The molecule has 0 saturated heterocycles. The third-order valence-corrected chi connectivity index (χ3v) is 23.3. The molecule has 4 aromatic rings. The highest BCUT2D eigenvalue weighted by Crippen LogP contribution is 2.63. The smallest absolute Gasteiger partial charge is 0.212 e. The van der Waals surface area contributed by atoms with E-state index in [0.29, 0.717) is 33.9 Å². The Labute approximate surface area is 383 Å². The van der Waals surface area contributed by atoms with E-state index in [0.717, 1.165) is 111 Å². The van der Waals surface area contributed by atoms with Gasteiger partial charge in [0, 0.05) is 29.2 Å². The van der Waals surface area contributed by atoms with Gasteiger partial charge in [-0.15, -0.1) is 22.7 Å². The average Bonchev–Trinajstić information content (AvgIpc) is 4.12. The van der Waals surface area contributed by atoms with E-state index in [2.05, 4.69) is 0 Å². The van der Waals surface area contributed by atoms with Crippen LogP contribution in [0.2, 0.25) is 0 Å². The fourth-order valence-corrected chi connectivity index (χ4v) is 20.8. The molecule has 0 radical (unpaired) electrons. The fourth-order valence-electron chi connectivity index (χ4n) is 15.9. The Kier molecular flexibility index (Phi) is 9.02. The van der Waals surface area contributed by atoms with E-state index in [4.69, 9.17) is 24.7 Å². The molecule has 9 saturated carbocycles. The minimum Gasteiger partial charge on any atom is -0.479 e. The van der Waals surface area contributed by atoms with E-state index in [1.807, 2.05) is 0 Å². The largest absolute Gasteiger partial charge is 0.479 e. The second-order valence-corrected chi connectivity index (χ2v) is 25.8. The van der Waals surface area contributed by atoms with Gasteiger partial charge in [-0.05, 0) is 124 Å². The van der Waals surface area contributed by atoms with Gasteiger partial charge in [-0.1, -0.05) is 80.5 Å². The minimum absolute atomic E-state index is 0.0443. The summed E-state index contributed by atoms with van der Waals surface area (Å²) in [5.74, 6) is 5.29. The topological polar surface area (TPSA) is 128 Å². The summed E-state index contributed by atoms with van der Waals surface area (Å²) < 4.78 is 9.26. The van der Waals surface area contributed by atoms with Gasteiger partial charge in [-0.3, -0.25) is 19.2 Å². The lowest BCUT2D eigenvalue weighted by molar-refractivity contribution is -0.124. The van der Waals surface area contributed by atoms with Gasteiger partial charge in [0.1, 0.15) is 20.0 Å². The monoisotopic (exact) mass is 918 g/mol. The normalized spacial score (nSPS) is 37.8. The third-order valence-electron chi connectivity index (χ3n) is 18.8. The lowest BCUT2D eigenvalue weighted by Crippen LogP contribution is -2.41. The molecule has 9 aliphatic carbocycles. The predicted octanol–water partition coefficient (Wildman–Crippen LogP) is 12.4. The fraction of sp³-hybridized carbons (Fsp3) is 0.680. The highest BCUT2D eigenvalue weighted by atomic mass is 32.1. The first-order valence-electron chi connectivity index (χ1n) is 24.7. The number of aromatic nitrogens is 2. The molecule has 0 aromatic carbocycles. The number of hydrogen-bond acceptors (Lipinski definition) is 13. The molecule has 328 valence electrons. The van der Waals surface area contributed by atoms with Crippen LogP contribution < -0.4 is 4.74 Å². The molecule has 14 rings (SSSR count). The number of thiazole rings is 2. The van der Waals surface area contributed by atoms with Crippen molar-refractivity contribution in [3.63, 3.8) is 0 Å². The zero-order valence-corrected chi connectivity index (χ0v) is 39.0. The van der Waals surface area contributed by atoms with Crippen molar-refractivity contribution in [2.45, 2.75) is 140 Å². The maximum atomic E-state index is 14.0. The van der Waals surface area contributed by atoms with Crippen LogP contribution in [-0.4, -0.2) is 44.5 Å². The van der Waals surface area contributed by atoms with Crippen molar-refractivity contribution in [3.8, 4) is 15.5 Å². The molecule has 4 aromatic heterocycles. The maximum absolute atomic E-state index is 14.0. The Hall–Kier alpha value is -3.00. The van der Waals surface area contributed by atoms with Gasteiger partial charge < -0.3 is 4.74 Å². The Balaban J connectivity index is 0.759. The van der Waals surface area contributed by atoms with Crippen LogP contribution in [0.15, 0.2) is 9.98 Å². The number of thiophene rings is 2. The minimum atomic E-state index is -0.525. The Morgan fingerprint density at radius 3 is 1.33 bits per heavy atom. The molecule has 0 N–H and O–H groups in total. The zero-order chi connectivity index (χ0) is 41.9. The van der Waals surface area contributed by atoms with Crippen molar-refractivity contribution in [2.75, 3.05) is 0 Å². The van der Waals surface area contributed by atoms with E-state index >= 15 is 0 Å². The lowest BCUT2D eigenvalue weighted by atomic mass is 9.57. The number of Topliss-reactive ketones (excluding diaryl/α,β-unsaturated/α-hetero) is 4. The maximum Gasteiger partial charge on any atom is 0.212 e.